The third kappa shape index (κ3) is 4.24. The molecule has 6 nitrogen and oxygen atoms in total. The van der Waals surface area contributed by atoms with Gasteiger partial charge < -0.3 is 9.64 Å². The van der Waals surface area contributed by atoms with Gasteiger partial charge in [0, 0.05) is 24.3 Å². The minimum Gasteiger partial charge on any atom is -0.491 e. The molecule has 0 radical (unpaired) electrons. The first-order valence-electron chi connectivity index (χ1n) is 9.03. The quantitative estimate of drug-likeness (QED) is 0.821. The van der Waals surface area contributed by atoms with Crippen molar-refractivity contribution in [2.45, 2.75) is 44.6 Å². The lowest BCUT2D eigenvalue weighted by atomic mass is 10.2. The molecule has 0 atom stereocenters. The number of nitrogens with one attached hydrogen (secondary N) is 1. The van der Waals surface area contributed by atoms with E-state index in [0.29, 0.717) is 30.8 Å². The fraction of sp³-hybridized carbons (Fsp3) is 0.350. The van der Waals surface area contributed by atoms with E-state index in [1.165, 1.54) is 0 Å². The van der Waals surface area contributed by atoms with Gasteiger partial charge in [0.05, 0.1) is 11.0 Å². The molecule has 0 fully saturated rings. The molecular weight excluding hydrogens is 364 g/mol. The predicted molar refractivity (Wildman–Crippen MR) is 106 cm³/mol. The Hall–Kier alpha value is -2.54. The number of ether oxygens (including phenoxy) is 1. The van der Waals surface area contributed by atoms with E-state index in [4.69, 9.17) is 4.74 Å². The third-order valence-corrected chi connectivity index (χ3v) is 5.72. The maximum absolute atomic E-state index is 12.7. The zero-order valence-corrected chi connectivity index (χ0v) is 16.5. The van der Waals surface area contributed by atoms with Gasteiger partial charge in [-0.25, -0.2) is 8.42 Å². The fourth-order valence-corrected chi connectivity index (χ4v) is 4.19. The highest BCUT2D eigenvalue weighted by atomic mass is 32.2. The van der Waals surface area contributed by atoms with Gasteiger partial charge in [0.1, 0.15) is 5.75 Å². The number of benzene rings is 2. The molecule has 2 aromatic carbocycles. The van der Waals surface area contributed by atoms with E-state index in [1.807, 2.05) is 20.8 Å². The average molecular weight is 388 g/mol. The Morgan fingerprint density at radius 1 is 1.19 bits per heavy atom. The molecule has 0 bridgehead atoms. The molecule has 7 heteroatoms. The first-order valence-corrected chi connectivity index (χ1v) is 10.5. The Morgan fingerprint density at radius 2 is 1.89 bits per heavy atom. The van der Waals surface area contributed by atoms with Crippen molar-refractivity contribution < 1.29 is 17.9 Å². The molecule has 0 saturated carbocycles. The van der Waals surface area contributed by atoms with Crippen molar-refractivity contribution in [3.05, 3.63) is 48.0 Å². The predicted octanol–water partition coefficient (Wildman–Crippen LogP) is 3.57. The van der Waals surface area contributed by atoms with Crippen LogP contribution in [0.1, 0.15) is 32.8 Å². The zero-order valence-electron chi connectivity index (χ0n) is 15.7. The molecule has 0 spiro atoms. The smallest absolute Gasteiger partial charge is 0.261 e. The highest BCUT2D eigenvalue weighted by Gasteiger charge is 2.25. The summed E-state index contributed by atoms with van der Waals surface area (Å²) in [5.74, 6) is 0.734. The van der Waals surface area contributed by atoms with Crippen molar-refractivity contribution in [2.24, 2.45) is 0 Å². The Bertz CT molecular complexity index is 937. The first-order chi connectivity index (χ1) is 12.8. The van der Waals surface area contributed by atoms with Gasteiger partial charge in [-0.05, 0) is 68.3 Å². The summed E-state index contributed by atoms with van der Waals surface area (Å²) in [4.78, 5) is 13.9. The Labute approximate surface area is 160 Å². The molecule has 0 saturated heterocycles. The number of hydrogen-bond donors (Lipinski definition) is 1. The third-order valence-electron chi connectivity index (χ3n) is 4.34. The summed E-state index contributed by atoms with van der Waals surface area (Å²) in [6, 6.07) is 11.7. The lowest BCUT2D eigenvalue weighted by Gasteiger charge is -2.16. The zero-order chi connectivity index (χ0) is 19.6. The van der Waals surface area contributed by atoms with Gasteiger partial charge in [-0.2, -0.15) is 0 Å². The van der Waals surface area contributed by atoms with Crippen LogP contribution in [0, 0.1) is 0 Å². The number of carbonyl (C=O) groups excluding carboxylic acids is 1. The molecule has 0 unspecified atom stereocenters. The SMILES string of the molecule is CCC(=O)N1CCc2cc(S(=O)(=O)Nc3ccc(OC(C)C)cc3)ccc21. The van der Waals surface area contributed by atoms with E-state index in [1.54, 1.807) is 47.4 Å². The lowest BCUT2D eigenvalue weighted by molar-refractivity contribution is -0.118. The van der Waals surface area contributed by atoms with Gasteiger partial charge in [-0.3, -0.25) is 9.52 Å². The number of anilines is 2. The van der Waals surface area contributed by atoms with Crippen LogP contribution in [0.25, 0.3) is 0 Å². The molecule has 144 valence electrons. The van der Waals surface area contributed by atoms with Crippen LogP contribution in [0.4, 0.5) is 11.4 Å². The molecule has 0 aliphatic carbocycles. The second-order valence-electron chi connectivity index (χ2n) is 6.74. The number of carbonyl (C=O) groups is 1. The minimum atomic E-state index is -3.71. The summed E-state index contributed by atoms with van der Waals surface area (Å²) in [5, 5.41) is 0. The van der Waals surface area contributed by atoms with Crippen molar-refractivity contribution in [1.29, 1.82) is 0 Å². The number of amides is 1. The Balaban J connectivity index is 1.79. The highest BCUT2D eigenvalue weighted by Crippen LogP contribution is 2.31. The molecule has 2 aromatic rings. The molecule has 1 amide bonds. The maximum atomic E-state index is 12.7. The number of nitrogens with zero attached hydrogens (tertiary/aromatic N) is 1. The topological polar surface area (TPSA) is 75.7 Å². The Kier molecular flexibility index (Phi) is 5.41. The molecule has 1 N–H and O–H groups in total. The van der Waals surface area contributed by atoms with E-state index >= 15 is 0 Å². The number of hydrogen-bond acceptors (Lipinski definition) is 4. The molecule has 1 aliphatic rings. The maximum Gasteiger partial charge on any atom is 0.261 e. The lowest BCUT2D eigenvalue weighted by Crippen LogP contribution is -2.27. The van der Waals surface area contributed by atoms with Crippen LogP contribution in [0.15, 0.2) is 47.4 Å². The van der Waals surface area contributed by atoms with Crippen LogP contribution in [0.2, 0.25) is 0 Å². The average Bonchev–Trinajstić information content (AvgIpc) is 3.05. The second-order valence-corrected chi connectivity index (χ2v) is 8.42. The molecule has 27 heavy (non-hydrogen) atoms. The van der Waals surface area contributed by atoms with Gasteiger partial charge in [0.25, 0.3) is 10.0 Å². The summed E-state index contributed by atoms with van der Waals surface area (Å²) in [5.41, 5.74) is 2.14. The minimum absolute atomic E-state index is 0.0474. The van der Waals surface area contributed by atoms with Gasteiger partial charge in [-0.1, -0.05) is 6.92 Å². The fourth-order valence-electron chi connectivity index (χ4n) is 3.08. The van der Waals surface area contributed by atoms with Crippen molar-refractivity contribution in [2.75, 3.05) is 16.2 Å². The monoisotopic (exact) mass is 388 g/mol. The molecular formula is C20H24N2O4S. The molecule has 1 aliphatic heterocycles. The Morgan fingerprint density at radius 3 is 2.52 bits per heavy atom. The summed E-state index contributed by atoms with van der Waals surface area (Å²) in [6.07, 6.45) is 1.14. The van der Waals surface area contributed by atoms with E-state index < -0.39 is 10.0 Å². The summed E-state index contributed by atoms with van der Waals surface area (Å²) in [7, 11) is -3.71. The van der Waals surface area contributed by atoms with Crippen LogP contribution in [0.5, 0.6) is 5.75 Å². The van der Waals surface area contributed by atoms with E-state index in [2.05, 4.69) is 4.72 Å². The van der Waals surface area contributed by atoms with Gasteiger partial charge >= 0.3 is 0 Å². The first kappa shape index (κ1) is 19.2. The second kappa shape index (κ2) is 7.60. The highest BCUT2D eigenvalue weighted by molar-refractivity contribution is 7.92. The van der Waals surface area contributed by atoms with Crippen LogP contribution in [-0.4, -0.2) is 27.0 Å². The standard InChI is InChI=1S/C20H24N2O4S/c1-4-20(23)22-12-11-15-13-18(9-10-19(15)22)27(24,25)21-16-5-7-17(8-6-16)26-14(2)3/h5-10,13-14,21H,4,11-12H2,1-3H3. The van der Waals surface area contributed by atoms with Gasteiger partial charge in [0.15, 0.2) is 0 Å². The normalized spacial score (nSPS) is 13.6. The van der Waals surface area contributed by atoms with Crippen LogP contribution < -0.4 is 14.4 Å². The van der Waals surface area contributed by atoms with E-state index in [0.717, 1.165) is 11.3 Å². The number of rotatable bonds is 6. The molecule has 3 rings (SSSR count). The van der Waals surface area contributed by atoms with Crippen molar-refractivity contribution in [3.63, 3.8) is 0 Å². The van der Waals surface area contributed by atoms with E-state index in [9.17, 15) is 13.2 Å². The van der Waals surface area contributed by atoms with Crippen LogP contribution >= 0.6 is 0 Å². The van der Waals surface area contributed by atoms with Crippen molar-refractivity contribution in [1.82, 2.24) is 0 Å². The van der Waals surface area contributed by atoms with Crippen molar-refractivity contribution >= 4 is 27.3 Å². The molecule has 0 aromatic heterocycles. The molecule has 1 heterocycles. The van der Waals surface area contributed by atoms with Crippen LogP contribution in [-0.2, 0) is 21.2 Å². The number of fused-ring (bicyclic) bond motifs is 1. The van der Waals surface area contributed by atoms with Crippen LogP contribution in [0.3, 0.4) is 0 Å². The van der Waals surface area contributed by atoms with Gasteiger partial charge in [-0.15, -0.1) is 0 Å². The largest absolute Gasteiger partial charge is 0.491 e. The van der Waals surface area contributed by atoms with E-state index in [-0.39, 0.29) is 16.9 Å². The van der Waals surface area contributed by atoms with Gasteiger partial charge in [0.2, 0.25) is 5.91 Å². The van der Waals surface area contributed by atoms with Crippen molar-refractivity contribution in [3.8, 4) is 5.75 Å². The summed E-state index contributed by atoms with van der Waals surface area (Å²) in [6.45, 7) is 6.27. The number of sulfonamides is 1. The summed E-state index contributed by atoms with van der Waals surface area (Å²) < 4.78 is 33.6. The summed E-state index contributed by atoms with van der Waals surface area (Å²) >= 11 is 0.